The highest BCUT2D eigenvalue weighted by molar-refractivity contribution is 7.99. The van der Waals surface area contributed by atoms with Gasteiger partial charge in [-0.2, -0.15) is 0 Å². The fourth-order valence-electron chi connectivity index (χ4n) is 1.77. The molecule has 0 saturated heterocycles. The van der Waals surface area contributed by atoms with Crippen molar-refractivity contribution < 1.29 is 17.2 Å². The highest BCUT2D eigenvalue weighted by atomic mass is 35.5. The molecule has 0 radical (unpaired) electrons. The van der Waals surface area contributed by atoms with E-state index in [2.05, 4.69) is 0 Å². The molecule has 2 aromatic carbocycles. The Morgan fingerprint density at radius 2 is 1.83 bits per heavy atom. The van der Waals surface area contributed by atoms with Gasteiger partial charge in [0, 0.05) is 33.1 Å². The standard InChI is InChI=1S/C13H12Cl2N2O4S3/c1-17(23(18)19)11-5-3-9(24(16,20)21)7-13(11)22-12-6-8(14)2-4-10(12)15/h2-7H,1H3,(H,18,19)(H2,16,20,21)/p-1. The van der Waals surface area contributed by atoms with Gasteiger partial charge in [0.25, 0.3) is 0 Å². The van der Waals surface area contributed by atoms with Crippen LogP contribution in [0.25, 0.3) is 0 Å². The monoisotopic (exact) mass is 425 g/mol. The summed E-state index contributed by atoms with van der Waals surface area (Å²) in [6.07, 6.45) is 0. The van der Waals surface area contributed by atoms with E-state index >= 15 is 0 Å². The molecule has 24 heavy (non-hydrogen) atoms. The largest absolute Gasteiger partial charge is 0.755 e. The van der Waals surface area contributed by atoms with Crippen LogP contribution in [0.15, 0.2) is 51.1 Å². The molecule has 11 heteroatoms. The van der Waals surface area contributed by atoms with Gasteiger partial charge in [-0.15, -0.1) is 0 Å². The van der Waals surface area contributed by atoms with E-state index in [1.54, 1.807) is 18.2 Å². The van der Waals surface area contributed by atoms with Gasteiger partial charge in [-0.1, -0.05) is 35.0 Å². The van der Waals surface area contributed by atoms with Crippen molar-refractivity contribution in [2.24, 2.45) is 5.14 Å². The zero-order valence-corrected chi connectivity index (χ0v) is 16.1. The molecule has 0 heterocycles. The molecular weight excluding hydrogens is 415 g/mol. The second-order valence-electron chi connectivity index (χ2n) is 4.57. The van der Waals surface area contributed by atoms with Crippen LogP contribution in [0.2, 0.25) is 10.0 Å². The van der Waals surface area contributed by atoms with Gasteiger partial charge in [-0.25, -0.2) is 13.6 Å². The Hall–Kier alpha value is -0.810. The molecule has 2 N–H and O–H groups in total. The molecule has 130 valence electrons. The van der Waals surface area contributed by atoms with E-state index in [4.69, 9.17) is 28.3 Å². The van der Waals surface area contributed by atoms with Crippen LogP contribution in [0.4, 0.5) is 5.69 Å². The van der Waals surface area contributed by atoms with Crippen molar-refractivity contribution in [2.45, 2.75) is 14.7 Å². The minimum Gasteiger partial charge on any atom is -0.755 e. The van der Waals surface area contributed by atoms with Crippen molar-refractivity contribution in [3.63, 3.8) is 0 Å². The van der Waals surface area contributed by atoms with Crippen molar-refractivity contribution in [3.05, 3.63) is 46.4 Å². The summed E-state index contributed by atoms with van der Waals surface area (Å²) in [5, 5.41) is 5.97. The lowest BCUT2D eigenvalue weighted by atomic mass is 10.3. The maximum Gasteiger partial charge on any atom is 0.238 e. The molecule has 0 aliphatic rings. The Morgan fingerprint density at radius 1 is 1.17 bits per heavy atom. The summed E-state index contributed by atoms with van der Waals surface area (Å²) < 4.78 is 46.6. The van der Waals surface area contributed by atoms with Crippen molar-refractivity contribution in [1.29, 1.82) is 0 Å². The fraction of sp³-hybridized carbons (Fsp3) is 0.0769. The van der Waals surface area contributed by atoms with Gasteiger partial charge in [0.15, 0.2) is 0 Å². The zero-order valence-electron chi connectivity index (χ0n) is 12.1. The van der Waals surface area contributed by atoms with Crippen molar-refractivity contribution in [1.82, 2.24) is 0 Å². The van der Waals surface area contributed by atoms with Crippen LogP contribution in [-0.2, 0) is 21.3 Å². The first-order chi connectivity index (χ1) is 11.1. The molecule has 0 bridgehead atoms. The fourth-order valence-corrected chi connectivity index (χ4v) is 4.31. The number of primary sulfonamides is 1. The number of benzene rings is 2. The lowest BCUT2D eigenvalue weighted by molar-refractivity contribution is 0.535. The number of hydrogen-bond acceptors (Lipinski definition) is 5. The van der Waals surface area contributed by atoms with Gasteiger partial charge in [-0.05, 0) is 36.4 Å². The third-order valence-electron chi connectivity index (χ3n) is 2.94. The number of hydrogen-bond donors (Lipinski definition) is 1. The predicted octanol–water partition coefficient (Wildman–Crippen LogP) is 3.02. The molecule has 1 atom stereocenters. The molecule has 6 nitrogen and oxygen atoms in total. The van der Waals surface area contributed by atoms with Crippen LogP contribution >= 0.6 is 35.0 Å². The average Bonchev–Trinajstić information content (AvgIpc) is 2.49. The van der Waals surface area contributed by atoms with Crippen LogP contribution in [-0.4, -0.2) is 24.2 Å². The zero-order chi connectivity index (χ0) is 18.1. The molecule has 0 aromatic heterocycles. The second kappa shape index (κ2) is 7.61. The van der Waals surface area contributed by atoms with E-state index in [0.717, 1.165) is 16.1 Å². The van der Waals surface area contributed by atoms with E-state index < -0.39 is 21.3 Å². The van der Waals surface area contributed by atoms with Gasteiger partial charge in [-0.3, -0.25) is 4.21 Å². The molecule has 0 aliphatic carbocycles. The van der Waals surface area contributed by atoms with Crippen LogP contribution < -0.4 is 9.44 Å². The SMILES string of the molecule is CN(c1ccc(S(N)(=O)=O)cc1Sc1cc(Cl)ccc1Cl)S(=O)[O-]. The molecule has 0 aliphatic heterocycles. The third kappa shape index (κ3) is 4.63. The Labute approximate surface area is 156 Å². The number of sulfonamides is 1. The molecule has 0 spiro atoms. The number of anilines is 1. The highest BCUT2D eigenvalue weighted by Crippen LogP contribution is 2.40. The van der Waals surface area contributed by atoms with Gasteiger partial charge in [0.05, 0.1) is 15.6 Å². The minimum absolute atomic E-state index is 0.142. The first-order valence-electron chi connectivity index (χ1n) is 6.22. The van der Waals surface area contributed by atoms with E-state index in [1.165, 1.54) is 25.2 Å². The van der Waals surface area contributed by atoms with E-state index in [0.29, 0.717) is 19.8 Å². The normalized spacial score (nSPS) is 12.9. The summed E-state index contributed by atoms with van der Waals surface area (Å²) in [6, 6.07) is 8.67. The second-order valence-corrected chi connectivity index (χ2v) is 9.04. The highest BCUT2D eigenvalue weighted by Gasteiger charge is 2.16. The van der Waals surface area contributed by atoms with Gasteiger partial charge in [0.2, 0.25) is 10.0 Å². The van der Waals surface area contributed by atoms with E-state index in [1.807, 2.05) is 0 Å². The summed E-state index contributed by atoms with van der Waals surface area (Å²) in [7, 11) is -2.61. The predicted molar refractivity (Wildman–Crippen MR) is 95.7 cm³/mol. The summed E-state index contributed by atoms with van der Waals surface area (Å²) >= 11 is 10.6. The maximum absolute atomic E-state index is 11.6. The van der Waals surface area contributed by atoms with Crippen molar-refractivity contribution in [2.75, 3.05) is 11.4 Å². The molecular formula is C13H11Cl2N2O4S3-. The molecule has 0 amide bonds. The van der Waals surface area contributed by atoms with Crippen LogP contribution in [0, 0.1) is 0 Å². The molecule has 2 aromatic rings. The van der Waals surface area contributed by atoms with Crippen LogP contribution in [0.3, 0.4) is 0 Å². The summed E-state index contributed by atoms with van der Waals surface area (Å²) in [6.45, 7) is 0. The smallest absolute Gasteiger partial charge is 0.238 e. The van der Waals surface area contributed by atoms with Crippen molar-refractivity contribution in [3.8, 4) is 0 Å². The van der Waals surface area contributed by atoms with E-state index in [-0.39, 0.29) is 10.6 Å². The van der Waals surface area contributed by atoms with Gasteiger partial charge in [0.1, 0.15) is 0 Å². The number of halogens is 2. The molecule has 0 saturated carbocycles. The molecule has 2 rings (SSSR count). The third-order valence-corrected chi connectivity index (χ3v) is 6.27. The quantitative estimate of drug-likeness (QED) is 0.741. The van der Waals surface area contributed by atoms with Crippen molar-refractivity contribution >= 4 is 61.9 Å². The number of rotatable bonds is 5. The molecule has 1 unspecified atom stereocenters. The maximum atomic E-state index is 11.6. The summed E-state index contributed by atoms with van der Waals surface area (Å²) in [4.78, 5) is 0.747. The Morgan fingerprint density at radius 3 is 2.42 bits per heavy atom. The lowest BCUT2D eigenvalue weighted by Crippen LogP contribution is -2.20. The van der Waals surface area contributed by atoms with Gasteiger partial charge >= 0.3 is 0 Å². The van der Waals surface area contributed by atoms with Gasteiger partial charge < -0.3 is 8.86 Å². The first kappa shape index (κ1) is 19.5. The number of nitrogens with zero attached hydrogens (tertiary/aromatic N) is 1. The Balaban J connectivity index is 2.59. The van der Waals surface area contributed by atoms with Crippen LogP contribution in [0.5, 0.6) is 0 Å². The topological polar surface area (TPSA) is 104 Å². The Bertz CT molecular complexity index is 906. The van der Waals surface area contributed by atoms with Crippen LogP contribution in [0.1, 0.15) is 0 Å². The summed E-state index contributed by atoms with van der Waals surface area (Å²) in [5.74, 6) is 0. The number of nitrogens with two attached hydrogens (primary N) is 1. The molecule has 0 fully saturated rings. The first-order valence-corrected chi connectivity index (χ1v) is 10.4. The average molecular weight is 426 g/mol. The lowest BCUT2D eigenvalue weighted by Gasteiger charge is -2.24. The minimum atomic E-state index is -3.94. The Kier molecular flexibility index (Phi) is 6.19. The summed E-state index contributed by atoms with van der Waals surface area (Å²) in [5.41, 5.74) is 0.275. The van der Waals surface area contributed by atoms with E-state index in [9.17, 15) is 17.2 Å².